The molecule has 0 aromatic heterocycles. The monoisotopic (exact) mass is 174 g/mol. The Bertz CT molecular complexity index is 116. The van der Waals surface area contributed by atoms with Crippen molar-refractivity contribution >= 4 is 19.7 Å². The van der Waals surface area contributed by atoms with Crippen LogP contribution in [0, 0.1) is 0 Å². The fourth-order valence-electron chi connectivity index (χ4n) is 1.82. The molecule has 1 aliphatic heterocycles. The molecule has 2 heteroatoms. The third kappa shape index (κ3) is 1.64. The first-order chi connectivity index (χ1) is 4.83. The second-order valence-corrected chi connectivity index (χ2v) is 8.81. The van der Waals surface area contributed by atoms with Gasteiger partial charge < -0.3 is 0 Å². The summed E-state index contributed by atoms with van der Waals surface area (Å²) in [5, 5.41) is 0. The second kappa shape index (κ2) is 3.58. The highest BCUT2D eigenvalue weighted by atomic mass is 35.5. The van der Waals surface area contributed by atoms with E-state index in [-0.39, 0.29) is 0 Å². The highest BCUT2D eigenvalue weighted by Crippen LogP contribution is 2.34. The minimum atomic E-state index is -0.959. The van der Waals surface area contributed by atoms with E-state index < -0.39 is 8.07 Å². The molecule has 0 atom stereocenters. The Morgan fingerprint density at radius 3 is 2.40 bits per heavy atom. The van der Waals surface area contributed by atoms with Crippen LogP contribution in [0.1, 0.15) is 12.8 Å². The molecule has 0 aromatic carbocycles. The Morgan fingerprint density at radius 2 is 2.00 bits per heavy atom. The number of alkyl halides is 1. The van der Waals surface area contributed by atoms with Crippen molar-refractivity contribution in [3.63, 3.8) is 0 Å². The first kappa shape index (κ1) is 8.34. The van der Waals surface area contributed by atoms with E-state index in [1.165, 1.54) is 31.0 Å². The van der Waals surface area contributed by atoms with Gasteiger partial charge in [-0.15, -0.1) is 18.2 Å². The van der Waals surface area contributed by atoms with E-state index in [0.717, 1.165) is 5.50 Å². The molecule has 0 N–H and O–H groups in total. The third-order valence-corrected chi connectivity index (χ3v) is 8.78. The molecule has 1 heterocycles. The first-order valence-corrected chi connectivity index (χ1v) is 7.36. The van der Waals surface area contributed by atoms with Crippen LogP contribution in [0.5, 0.6) is 0 Å². The Kier molecular flexibility index (Phi) is 2.99. The first-order valence-electron chi connectivity index (χ1n) is 4.00. The lowest BCUT2D eigenvalue weighted by Crippen LogP contribution is -2.31. The molecule has 10 heavy (non-hydrogen) atoms. The van der Waals surface area contributed by atoms with Crippen LogP contribution in [0.2, 0.25) is 18.1 Å². The topological polar surface area (TPSA) is 0 Å². The maximum atomic E-state index is 5.96. The Morgan fingerprint density at radius 1 is 1.40 bits per heavy atom. The van der Waals surface area contributed by atoms with Crippen LogP contribution in [0.4, 0.5) is 0 Å². The summed E-state index contributed by atoms with van der Waals surface area (Å²) in [5.74, 6) is 0. The average molecular weight is 175 g/mol. The molecular formula is C8H15ClSi. The summed E-state index contributed by atoms with van der Waals surface area (Å²) < 4.78 is 0. The lowest BCUT2D eigenvalue weighted by atomic mass is 10.4. The fraction of sp³-hybridized carbons (Fsp3) is 0.750. The quantitative estimate of drug-likeness (QED) is 0.350. The SMILES string of the molecule is C=CC[Si]1(CCl)CCCC1. The Hall–Kier alpha value is 0.247. The molecule has 58 valence electrons. The van der Waals surface area contributed by atoms with Crippen molar-refractivity contribution in [3.8, 4) is 0 Å². The summed E-state index contributed by atoms with van der Waals surface area (Å²) in [4.78, 5) is 0. The number of hydrogen-bond donors (Lipinski definition) is 0. The second-order valence-electron chi connectivity index (χ2n) is 3.33. The summed E-state index contributed by atoms with van der Waals surface area (Å²) >= 11 is 5.96. The van der Waals surface area contributed by atoms with Crippen LogP contribution in [0.3, 0.4) is 0 Å². The van der Waals surface area contributed by atoms with Gasteiger partial charge in [-0.3, -0.25) is 0 Å². The molecule has 0 unspecified atom stereocenters. The van der Waals surface area contributed by atoms with Crippen molar-refractivity contribution in [2.45, 2.75) is 31.0 Å². The van der Waals surface area contributed by atoms with Gasteiger partial charge in [-0.25, -0.2) is 0 Å². The minimum Gasteiger partial charge on any atom is -0.130 e. The van der Waals surface area contributed by atoms with Gasteiger partial charge in [-0.2, -0.15) is 0 Å². The molecule has 0 saturated carbocycles. The maximum Gasteiger partial charge on any atom is 0.0737 e. The van der Waals surface area contributed by atoms with Gasteiger partial charge >= 0.3 is 0 Å². The summed E-state index contributed by atoms with van der Waals surface area (Å²) in [5.41, 5.74) is 0.957. The third-order valence-electron chi connectivity index (χ3n) is 2.53. The average Bonchev–Trinajstić information content (AvgIpc) is 2.39. The van der Waals surface area contributed by atoms with Gasteiger partial charge in [0.05, 0.1) is 8.07 Å². The van der Waals surface area contributed by atoms with Crippen LogP contribution in [0.25, 0.3) is 0 Å². The van der Waals surface area contributed by atoms with Crippen LogP contribution in [-0.4, -0.2) is 13.6 Å². The van der Waals surface area contributed by atoms with Gasteiger partial charge in [-0.1, -0.05) is 31.0 Å². The van der Waals surface area contributed by atoms with Gasteiger partial charge in [0.15, 0.2) is 0 Å². The molecular weight excluding hydrogens is 160 g/mol. The van der Waals surface area contributed by atoms with Crippen molar-refractivity contribution in [3.05, 3.63) is 12.7 Å². The number of hydrogen-bond acceptors (Lipinski definition) is 0. The molecule has 1 aliphatic rings. The standard InChI is InChI=1S/C8H15ClSi/c1-2-5-10(8-9)6-3-4-7-10/h2H,1,3-8H2. The maximum absolute atomic E-state index is 5.96. The molecule has 0 amide bonds. The molecule has 0 radical (unpaired) electrons. The van der Waals surface area contributed by atoms with Gasteiger partial charge in [-0.05, 0) is 6.04 Å². The van der Waals surface area contributed by atoms with E-state index in [1.54, 1.807) is 0 Å². The van der Waals surface area contributed by atoms with Crippen LogP contribution < -0.4 is 0 Å². The van der Waals surface area contributed by atoms with Gasteiger partial charge in [0.25, 0.3) is 0 Å². The summed E-state index contributed by atoms with van der Waals surface area (Å²) in [7, 11) is -0.959. The van der Waals surface area contributed by atoms with E-state index in [4.69, 9.17) is 11.6 Å². The van der Waals surface area contributed by atoms with Gasteiger partial charge in [0.1, 0.15) is 0 Å². The lowest BCUT2D eigenvalue weighted by Gasteiger charge is -2.20. The molecule has 0 aliphatic carbocycles. The zero-order valence-electron chi connectivity index (χ0n) is 6.41. The number of halogens is 1. The molecule has 0 aromatic rings. The van der Waals surface area contributed by atoms with E-state index in [2.05, 4.69) is 12.7 Å². The lowest BCUT2D eigenvalue weighted by molar-refractivity contribution is 0.935. The Labute approximate surface area is 69.3 Å². The summed E-state index contributed by atoms with van der Waals surface area (Å²) in [6, 6.07) is 4.14. The minimum absolute atomic E-state index is 0.957. The highest BCUT2D eigenvalue weighted by molar-refractivity contribution is 6.86. The molecule has 0 spiro atoms. The summed E-state index contributed by atoms with van der Waals surface area (Å²) in [6.07, 6.45) is 4.92. The van der Waals surface area contributed by atoms with Crippen molar-refractivity contribution in [1.29, 1.82) is 0 Å². The summed E-state index contributed by atoms with van der Waals surface area (Å²) in [6.45, 7) is 3.79. The van der Waals surface area contributed by atoms with E-state index >= 15 is 0 Å². The number of allylic oxidation sites excluding steroid dienone is 1. The number of rotatable bonds is 3. The van der Waals surface area contributed by atoms with E-state index in [1.807, 2.05) is 0 Å². The van der Waals surface area contributed by atoms with Crippen molar-refractivity contribution in [2.75, 3.05) is 5.50 Å². The molecule has 1 saturated heterocycles. The van der Waals surface area contributed by atoms with Gasteiger partial charge in [0, 0.05) is 5.50 Å². The van der Waals surface area contributed by atoms with Gasteiger partial charge in [0.2, 0.25) is 0 Å². The zero-order chi connectivity index (χ0) is 7.45. The molecule has 1 fully saturated rings. The largest absolute Gasteiger partial charge is 0.130 e. The highest BCUT2D eigenvalue weighted by Gasteiger charge is 2.33. The molecule has 1 rings (SSSR count). The predicted molar refractivity (Wildman–Crippen MR) is 50.3 cm³/mol. The smallest absolute Gasteiger partial charge is 0.0737 e. The van der Waals surface area contributed by atoms with Crippen LogP contribution in [-0.2, 0) is 0 Å². The molecule has 0 nitrogen and oxygen atoms in total. The van der Waals surface area contributed by atoms with Crippen molar-refractivity contribution in [1.82, 2.24) is 0 Å². The van der Waals surface area contributed by atoms with E-state index in [0.29, 0.717) is 0 Å². The van der Waals surface area contributed by atoms with E-state index in [9.17, 15) is 0 Å². The van der Waals surface area contributed by atoms with Crippen molar-refractivity contribution in [2.24, 2.45) is 0 Å². The van der Waals surface area contributed by atoms with Crippen LogP contribution >= 0.6 is 11.6 Å². The Balaban J connectivity index is 2.48. The predicted octanol–water partition coefficient (Wildman–Crippen LogP) is 3.19. The fourth-order valence-corrected chi connectivity index (χ4v) is 6.60. The van der Waals surface area contributed by atoms with Crippen LogP contribution in [0.15, 0.2) is 12.7 Å². The molecule has 0 bridgehead atoms. The zero-order valence-corrected chi connectivity index (χ0v) is 8.16. The normalized spacial score (nSPS) is 22.9. The van der Waals surface area contributed by atoms with Crippen molar-refractivity contribution < 1.29 is 0 Å².